The molecular weight excluding hydrogens is 592 g/mol. The number of rotatable bonds is 8. The average Bonchev–Trinajstić information content (AvgIpc) is 2.98. The normalized spacial score (nSPS) is 54.8. The van der Waals surface area contributed by atoms with Crippen molar-refractivity contribution in [3.05, 3.63) is 0 Å². The molecule has 4 aliphatic rings. The van der Waals surface area contributed by atoms with Crippen molar-refractivity contribution >= 4 is 0 Å². The van der Waals surface area contributed by atoms with Gasteiger partial charge in [0.15, 0.2) is 25.2 Å². The van der Waals surface area contributed by atoms with Gasteiger partial charge in [0.25, 0.3) is 0 Å². The second kappa shape index (κ2) is 14.3. The Bertz CT molecular complexity index is 886. The lowest BCUT2D eigenvalue weighted by Gasteiger charge is -2.49. The molecule has 4 heterocycles. The van der Waals surface area contributed by atoms with Crippen molar-refractivity contribution in [2.45, 2.75) is 137 Å². The lowest BCUT2D eigenvalue weighted by atomic mass is 9.96. The SMILES string of the molecule is C[C@@H]1O[C@@H](O[C@@H]2[C@@H](O)[C@H](O[C@@H]3O[C@H](CO)[C@H](O)[C@H](O)[C@H]3O[C@H]3O[C@H](C)[C@H](O)[C@H](O)[C@H]3O)[C@@H](CO)O[C@@H]2O)[C@@H](O)[C@H](O)[C@@H]1O. The van der Waals surface area contributed by atoms with Crippen molar-refractivity contribution in [2.75, 3.05) is 13.2 Å². The predicted octanol–water partition coefficient (Wildman–Crippen LogP) is -7.69. The van der Waals surface area contributed by atoms with Crippen LogP contribution in [0.5, 0.6) is 0 Å². The maximum Gasteiger partial charge on any atom is 0.187 e. The molecule has 4 fully saturated rings. The van der Waals surface area contributed by atoms with E-state index in [0.717, 1.165) is 0 Å². The average molecular weight is 635 g/mol. The van der Waals surface area contributed by atoms with Crippen molar-refractivity contribution < 1.29 is 94.4 Å². The molecule has 43 heavy (non-hydrogen) atoms. The summed E-state index contributed by atoms with van der Waals surface area (Å²) in [6.45, 7) is 1.07. The molecule has 4 aliphatic heterocycles. The molecule has 0 aromatic rings. The van der Waals surface area contributed by atoms with E-state index in [1.807, 2.05) is 0 Å². The summed E-state index contributed by atoms with van der Waals surface area (Å²) < 4.78 is 38.6. The first-order valence-electron chi connectivity index (χ1n) is 13.8. The summed E-state index contributed by atoms with van der Waals surface area (Å²) >= 11 is 0. The molecule has 0 aromatic heterocycles. The molecular formula is C24H42O19. The second-order valence-electron chi connectivity index (χ2n) is 11.1. The third-order valence-electron chi connectivity index (χ3n) is 8.13. The smallest absolute Gasteiger partial charge is 0.187 e. The van der Waals surface area contributed by atoms with Gasteiger partial charge in [-0.15, -0.1) is 0 Å². The molecule has 4 rings (SSSR count). The van der Waals surface area contributed by atoms with Gasteiger partial charge in [-0.25, -0.2) is 0 Å². The summed E-state index contributed by atoms with van der Waals surface area (Å²) in [5, 5.41) is 123. The molecule has 4 saturated heterocycles. The van der Waals surface area contributed by atoms with Crippen LogP contribution >= 0.6 is 0 Å². The van der Waals surface area contributed by atoms with Crippen LogP contribution in [-0.2, 0) is 33.2 Å². The summed E-state index contributed by atoms with van der Waals surface area (Å²) in [4.78, 5) is 0. The maximum absolute atomic E-state index is 11.2. The monoisotopic (exact) mass is 634 g/mol. The van der Waals surface area contributed by atoms with E-state index in [0.29, 0.717) is 0 Å². The van der Waals surface area contributed by atoms with Crippen LogP contribution in [0.2, 0.25) is 0 Å². The van der Waals surface area contributed by atoms with Crippen LogP contribution in [0.15, 0.2) is 0 Å². The third-order valence-corrected chi connectivity index (χ3v) is 8.13. The van der Waals surface area contributed by atoms with Gasteiger partial charge in [0.2, 0.25) is 0 Å². The first kappa shape index (κ1) is 35.1. The molecule has 19 nitrogen and oxygen atoms in total. The highest BCUT2D eigenvalue weighted by molar-refractivity contribution is 4.97. The molecule has 0 radical (unpaired) electrons. The number of aliphatic hydroxyl groups is 12. The fraction of sp³-hybridized carbons (Fsp3) is 1.00. The summed E-state index contributed by atoms with van der Waals surface area (Å²) in [7, 11) is 0. The van der Waals surface area contributed by atoms with Crippen molar-refractivity contribution in [2.24, 2.45) is 0 Å². The van der Waals surface area contributed by atoms with Crippen LogP contribution in [0.3, 0.4) is 0 Å². The van der Waals surface area contributed by atoms with Crippen LogP contribution in [0.1, 0.15) is 13.8 Å². The Labute approximate surface area is 244 Å². The second-order valence-corrected chi connectivity index (χ2v) is 11.1. The number of aliphatic hydroxyl groups excluding tert-OH is 12. The van der Waals surface area contributed by atoms with E-state index in [4.69, 9.17) is 33.2 Å². The van der Waals surface area contributed by atoms with Gasteiger partial charge < -0.3 is 94.4 Å². The van der Waals surface area contributed by atoms with Gasteiger partial charge in [-0.1, -0.05) is 0 Å². The van der Waals surface area contributed by atoms with Crippen LogP contribution in [0.4, 0.5) is 0 Å². The Morgan fingerprint density at radius 2 is 0.884 bits per heavy atom. The minimum absolute atomic E-state index is 0.823. The van der Waals surface area contributed by atoms with E-state index in [9.17, 15) is 61.3 Å². The van der Waals surface area contributed by atoms with Gasteiger partial charge in [0.1, 0.15) is 85.5 Å². The molecule has 12 N–H and O–H groups in total. The first-order valence-corrected chi connectivity index (χ1v) is 13.8. The van der Waals surface area contributed by atoms with Crippen molar-refractivity contribution in [1.82, 2.24) is 0 Å². The van der Waals surface area contributed by atoms with E-state index >= 15 is 0 Å². The Hall–Kier alpha value is -0.760. The highest BCUT2D eigenvalue weighted by atomic mass is 16.8. The fourth-order valence-corrected chi connectivity index (χ4v) is 5.40. The Morgan fingerprint density at radius 1 is 0.419 bits per heavy atom. The number of ether oxygens (including phenoxy) is 7. The van der Waals surface area contributed by atoms with E-state index in [-0.39, 0.29) is 0 Å². The Morgan fingerprint density at radius 3 is 1.37 bits per heavy atom. The predicted molar refractivity (Wildman–Crippen MR) is 131 cm³/mol. The number of hydrogen-bond acceptors (Lipinski definition) is 19. The maximum atomic E-state index is 11.2. The minimum atomic E-state index is -1.95. The molecule has 0 aromatic carbocycles. The lowest BCUT2D eigenvalue weighted by Crippen LogP contribution is -2.67. The first-order chi connectivity index (χ1) is 20.2. The van der Waals surface area contributed by atoms with Crippen molar-refractivity contribution in [3.8, 4) is 0 Å². The molecule has 19 heteroatoms. The summed E-state index contributed by atoms with van der Waals surface area (Å²) in [6.07, 6.45) is -33.0. The van der Waals surface area contributed by atoms with E-state index in [1.165, 1.54) is 13.8 Å². The molecule has 0 bridgehead atoms. The molecule has 252 valence electrons. The molecule has 0 amide bonds. The Kier molecular flexibility index (Phi) is 11.7. The zero-order valence-electron chi connectivity index (χ0n) is 23.2. The molecule has 0 spiro atoms. The molecule has 0 aliphatic carbocycles. The summed E-state index contributed by atoms with van der Waals surface area (Å²) in [5.74, 6) is 0. The highest BCUT2D eigenvalue weighted by Crippen LogP contribution is 2.34. The van der Waals surface area contributed by atoms with Gasteiger partial charge in [-0.3, -0.25) is 0 Å². The van der Waals surface area contributed by atoms with Crippen molar-refractivity contribution in [3.63, 3.8) is 0 Å². The quantitative estimate of drug-likeness (QED) is 0.118. The zero-order valence-corrected chi connectivity index (χ0v) is 23.2. The van der Waals surface area contributed by atoms with E-state index in [2.05, 4.69) is 0 Å². The van der Waals surface area contributed by atoms with Crippen LogP contribution in [0, 0.1) is 0 Å². The summed E-state index contributed by atoms with van der Waals surface area (Å²) in [5.41, 5.74) is 0. The molecule has 20 atom stereocenters. The van der Waals surface area contributed by atoms with Crippen LogP contribution in [0.25, 0.3) is 0 Å². The van der Waals surface area contributed by atoms with Gasteiger partial charge in [0.05, 0.1) is 25.4 Å². The lowest BCUT2D eigenvalue weighted by molar-refractivity contribution is -0.396. The summed E-state index contributed by atoms with van der Waals surface area (Å²) in [6, 6.07) is 0. The highest BCUT2D eigenvalue weighted by Gasteiger charge is 2.55. The number of hydrogen-bond donors (Lipinski definition) is 12. The minimum Gasteiger partial charge on any atom is -0.394 e. The standard InChI is InChI=1S/C24H42O19/c1-5-9(27)12(30)15(33)22(37-5)42-19-17(35)18(8(4-26)39-21(19)36)41-24-20(14(32)11(29)7(3-25)40-24)43-23-16(34)13(31)10(28)6(2)38-23/h5-36H,3-4H2,1-2H3/t5-,6+,7+,8+,9+,10-,11-,12+,13-,14-,15-,16+,17-,18+,19+,20+,21-,22-,23+,24-/m0/s1. The Balaban J connectivity index is 1.56. The topological polar surface area (TPSA) is 307 Å². The molecule has 0 saturated carbocycles. The fourth-order valence-electron chi connectivity index (χ4n) is 5.40. The van der Waals surface area contributed by atoms with E-state index < -0.39 is 136 Å². The van der Waals surface area contributed by atoms with Gasteiger partial charge in [0, 0.05) is 0 Å². The zero-order chi connectivity index (χ0) is 31.9. The third kappa shape index (κ3) is 7.00. The van der Waals surface area contributed by atoms with Crippen LogP contribution in [-0.4, -0.2) is 197 Å². The van der Waals surface area contributed by atoms with Crippen molar-refractivity contribution in [1.29, 1.82) is 0 Å². The van der Waals surface area contributed by atoms with Gasteiger partial charge in [-0.2, -0.15) is 0 Å². The van der Waals surface area contributed by atoms with Crippen LogP contribution < -0.4 is 0 Å². The molecule has 0 unspecified atom stereocenters. The van der Waals surface area contributed by atoms with E-state index in [1.54, 1.807) is 0 Å². The largest absolute Gasteiger partial charge is 0.394 e. The van der Waals surface area contributed by atoms with Gasteiger partial charge >= 0.3 is 0 Å². The van der Waals surface area contributed by atoms with Gasteiger partial charge in [-0.05, 0) is 13.8 Å².